The van der Waals surface area contributed by atoms with Gasteiger partial charge in [-0.15, -0.1) is 0 Å². The van der Waals surface area contributed by atoms with Crippen LogP contribution in [0.1, 0.15) is 38.8 Å². The topological polar surface area (TPSA) is 86.8 Å². The molecule has 0 aromatic heterocycles. The zero-order valence-corrected chi connectivity index (χ0v) is 25.4. The number of anilines is 1. The van der Waals surface area contributed by atoms with E-state index in [-0.39, 0.29) is 23.3 Å². The number of carbonyl (C=O) groups is 2. The number of rotatable bonds is 12. The van der Waals surface area contributed by atoms with E-state index in [1.807, 2.05) is 32.9 Å². The second-order valence-corrected chi connectivity index (χ2v) is 12.5. The number of nitrogens with zero attached hydrogens (tertiary/aromatic N) is 2. The molecule has 0 spiro atoms. The Morgan fingerprint density at radius 2 is 1.48 bits per heavy atom. The van der Waals surface area contributed by atoms with Crippen molar-refractivity contribution in [3.8, 4) is 0 Å². The Hall–Kier alpha value is -3.07. The summed E-state index contributed by atoms with van der Waals surface area (Å²) in [5.74, 6) is -0.736. The molecule has 0 heterocycles. The number of benzene rings is 3. The lowest BCUT2D eigenvalue weighted by molar-refractivity contribution is -0.139. The fraction of sp³-hybridized carbons (Fsp3) is 0.333. The van der Waals surface area contributed by atoms with E-state index in [0.717, 1.165) is 9.87 Å². The van der Waals surface area contributed by atoms with E-state index in [4.69, 9.17) is 23.2 Å². The summed E-state index contributed by atoms with van der Waals surface area (Å²) in [6.45, 7) is 7.27. The summed E-state index contributed by atoms with van der Waals surface area (Å²) in [4.78, 5) is 28.6. The van der Waals surface area contributed by atoms with Gasteiger partial charge < -0.3 is 10.2 Å². The van der Waals surface area contributed by atoms with E-state index >= 15 is 0 Å². The van der Waals surface area contributed by atoms with Crippen LogP contribution in [-0.4, -0.2) is 44.3 Å². The van der Waals surface area contributed by atoms with Crippen LogP contribution in [-0.2, 0) is 32.6 Å². The molecule has 1 N–H and O–H groups in total. The fourth-order valence-electron chi connectivity index (χ4n) is 4.17. The average Bonchev–Trinajstić information content (AvgIpc) is 2.94. The van der Waals surface area contributed by atoms with Crippen LogP contribution in [0.2, 0.25) is 10.0 Å². The number of para-hydroxylation sites is 1. The lowest BCUT2D eigenvalue weighted by atomic mass is 10.1. The maximum Gasteiger partial charge on any atom is 0.264 e. The third kappa shape index (κ3) is 7.56. The summed E-state index contributed by atoms with van der Waals surface area (Å²) in [5.41, 5.74) is 1.63. The molecule has 0 saturated heterocycles. The van der Waals surface area contributed by atoms with E-state index in [1.165, 1.54) is 17.0 Å². The first kappa shape index (κ1) is 31.5. The fourth-order valence-corrected chi connectivity index (χ4v) is 6.16. The number of carbonyl (C=O) groups excluding carboxylic acids is 2. The Morgan fingerprint density at radius 1 is 0.875 bits per heavy atom. The summed E-state index contributed by atoms with van der Waals surface area (Å²) < 4.78 is 29.0. The SMILES string of the molecule is CCc1ccccc1N(CC(=O)N(Cc1c(Cl)cccc1Cl)C(C)C(=O)NCC(C)C)S(=O)(=O)c1ccccc1. The number of hydrogen-bond donors (Lipinski definition) is 1. The van der Waals surface area contributed by atoms with E-state index < -0.39 is 28.5 Å². The van der Waals surface area contributed by atoms with E-state index in [1.54, 1.807) is 55.5 Å². The van der Waals surface area contributed by atoms with Gasteiger partial charge in [-0.2, -0.15) is 0 Å². The van der Waals surface area contributed by atoms with Crippen molar-refractivity contribution in [2.24, 2.45) is 5.92 Å². The summed E-state index contributed by atoms with van der Waals surface area (Å²) in [5, 5.41) is 3.54. The second-order valence-electron chi connectivity index (χ2n) is 9.84. The minimum absolute atomic E-state index is 0.0529. The molecule has 1 unspecified atom stereocenters. The molecular formula is C30H35Cl2N3O4S. The van der Waals surface area contributed by atoms with E-state index in [2.05, 4.69) is 5.32 Å². The lowest BCUT2D eigenvalue weighted by Gasteiger charge is -2.33. The highest BCUT2D eigenvalue weighted by atomic mass is 35.5. The number of hydrogen-bond acceptors (Lipinski definition) is 4. The average molecular weight is 605 g/mol. The highest BCUT2D eigenvalue weighted by Gasteiger charge is 2.33. The van der Waals surface area contributed by atoms with Crippen molar-refractivity contribution in [2.45, 2.75) is 51.6 Å². The molecule has 0 radical (unpaired) electrons. The van der Waals surface area contributed by atoms with Crippen LogP contribution in [0.25, 0.3) is 0 Å². The first-order valence-corrected chi connectivity index (χ1v) is 15.3. The Kier molecular flexibility index (Phi) is 11.0. The number of halogens is 2. The molecule has 40 heavy (non-hydrogen) atoms. The minimum atomic E-state index is -4.14. The van der Waals surface area contributed by atoms with Gasteiger partial charge in [-0.3, -0.25) is 13.9 Å². The van der Waals surface area contributed by atoms with Crippen LogP contribution < -0.4 is 9.62 Å². The van der Waals surface area contributed by atoms with Crippen molar-refractivity contribution in [3.63, 3.8) is 0 Å². The van der Waals surface area contributed by atoms with Crippen molar-refractivity contribution >= 4 is 50.7 Å². The van der Waals surface area contributed by atoms with Crippen LogP contribution in [0.3, 0.4) is 0 Å². The van der Waals surface area contributed by atoms with Gasteiger partial charge in [0.2, 0.25) is 11.8 Å². The molecule has 0 saturated carbocycles. The summed E-state index contributed by atoms with van der Waals surface area (Å²) in [6, 6.07) is 19.1. The highest BCUT2D eigenvalue weighted by molar-refractivity contribution is 7.92. The van der Waals surface area contributed by atoms with Crippen LogP contribution in [0.15, 0.2) is 77.7 Å². The second kappa shape index (κ2) is 14.0. The molecule has 2 amide bonds. The summed E-state index contributed by atoms with van der Waals surface area (Å²) in [7, 11) is -4.14. The van der Waals surface area contributed by atoms with Crippen molar-refractivity contribution in [3.05, 3.63) is 94.0 Å². The van der Waals surface area contributed by atoms with Gasteiger partial charge in [-0.25, -0.2) is 8.42 Å². The molecule has 0 fully saturated rings. The molecule has 0 bridgehead atoms. The Morgan fingerprint density at radius 3 is 2.08 bits per heavy atom. The van der Waals surface area contributed by atoms with Gasteiger partial charge in [0, 0.05) is 28.7 Å². The molecule has 1 atom stereocenters. The van der Waals surface area contributed by atoms with Gasteiger partial charge >= 0.3 is 0 Å². The molecule has 214 valence electrons. The molecule has 7 nitrogen and oxygen atoms in total. The molecule has 0 aliphatic rings. The molecular weight excluding hydrogens is 569 g/mol. The largest absolute Gasteiger partial charge is 0.354 e. The first-order chi connectivity index (χ1) is 19.0. The smallest absolute Gasteiger partial charge is 0.264 e. The molecule has 10 heteroatoms. The van der Waals surface area contributed by atoms with Crippen molar-refractivity contribution < 1.29 is 18.0 Å². The Bertz CT molecular complexity index is 1410. The normalized spacial score (nSPS) is 12.2. The third-order valence-corrected chi connectivity index (χ3v) is 8.98. The quantitative estimate of drug-likeness (QED) is 0.277. The van der Waals surface area contributed by atoms with E-state index in [0.29, 0.717) is 34.3 Å². The maximum atomic E-state index is 14.1. The number of sulfonamides is 1. The van der Waals surface area contributed by atoms with Crippen LogP contribution in [0.4, 0.5) is 5.69 Å². The predicted octanol–water partition coefficient (Wildman–Crippen LogP) is 5.94. The predicted molar refractivity (Wildman–Crippen MR) is 161 cm³/mol. The first-order valence-electron chi connectivity index (χ1n) is 13.1. The van der Waals surface area contributed by atoms with Gasteiger partial charge in [0.25, 0.3) is 10.0 Å². The highest BCUT2D eigenvalue weighted by Crippen LogP contribution is 2.30. The van der Waals surface area contributed by atoms with Crippen molar-refractivity contribution in [2.75, 3.05) is 17.4 Å². The monoisotopic (exact) mass is 603 g/mol. The molecule has 3 aromatic carbocycles. The summed E-state index contributed by atoms with van der Waals surface area (Å²) in [6.07, 6.45) is 0.554. The zero-order valence-electron chi connectivity index (χ0n) is 23.1. The third-order valence-electron chi connectivity index (χ3n) is 6.49. The number of aryl methyl sites for hydroxylation is 1. The van der Waals surface area contributed by atoms with Gasteiger partial charge in [0.1, 0.15) is 12.6 Å². The van der Waals surface area contributed by atoms with Crippen LogP contribution in [0.5, 0.6) is 0 Å². The van der Waals surface area contributed by atoms with Gasteiger partial charge in [0.05, 0.1) is 10.6 Å². The molecule has 0 aliphatic heterocycles. The summed E-state index contributed by atoms with van der Waals surface area (Å²) >= 11 is 12.9. The number of amides is 2. The van der Waals surface area contributed by atoms with E-state index in [9.17, 15) is 18.0 Å². The van der Waals surface area contributed by atoms with Gasteiger partial charge in [-0.1, -0.05) is 86.4 Å². The zero-order chi connectivity index (χ0) is 29.4. The van der Waals surface area contributed by atoms with Crippen molar-refractivity contribution in [1.82, 2.24) is 10.2 Å². The van der Waals surface area contributed by atoms with Crippen molar-refractivity contribution in [1.29, 1.82) is 0 Å². The van der Waals surface area contributed by atoms with Gasteiger partial charge in [0.15, 0.2) is 0 Å². The molecule has 3 aromatic rings. The molecule has 0 aliphatic carbocycles. The Balaban J connectivity index is 2.08. The number of nitrogens with one attached hydrogen (secondary N) is 1. The van der Waals surface area contributed by atoms with Gasteiger partial charge in [-0.05, 0) is 55.2 Å². The lowest BCUT2D eigenvalue weighted by Crippen LogP contribution is -2.51. The minimum Gasteiger partial charge on any atom is -0.354 e. The van der Waals surface area contributed by atoms with Crippen LogP contribution >= 0.6 is 23.2 Å². The Labute approximate surface area is 247 Å². The molecule has 3 rings (SSSR count). The maximum absolute atomic E-state index is 14.1. The standard InChI is InChI=1S/C30H35Cl2N3O4S/c1-5-23-12-9-10-17-28(23)35(40(38,39)24-13-7-6-8-14-24)20-29(36)34(22(4)30(37)33-18-21(2)3)19-25-26(31)15-11-16-27(25)32/h6-17,21-22H,5,18-20H2,1-4H3,(H,33,37). The van der Waals surface area contributed by atoms with Crippen LogP contribution in [0, 0.1) is 5.92 Å².